The van der Waals surface area contributed by atoms with Gasteiger partial charge < -0.3 is 9.64 Å². The zero-order chi connectivity index (χ0) is 18.0. The zero-order valence-electron chi connectivity index (χ0n) is 15.8. The topological polar surface area (TPSA) is 58.6 Å². The van der Waals surface area contributed by atoms with Gasteiger partial charge in [0.15, 0.2) is 0 Å². The molecule has 1 atom stereocenters. The summed E-state index contributed by atoms with van der Waals surface area (Å²) in [4.78, 5) is 24.9. The summed E-state index contributed by atoms with van der Waals surface area (Å²) in [5.41, 5.74) is 0.618. The summed E-state index contributed by atoms with van der Waals surface area (Å²) < 4.78 is 6.08. The highest BCUT2D eigenvalue weighted by molar-refractivity contribution is 5.93. The van der Waals surface area contributed by atoms with E-state index in [1.54, 1.807) is 12.3 Å². The van der Waals surface area contributed by atoms with E-state index in [9.17, 15) is 4.79 Å². The first-order valence-corrected chi connectivity index (χ1v) is 10.0. The number of hydrogen-bond acceptors (Lipinski definition) is 5. The van der Waals surface area contributed by atoms with Crippen LogP contribution in [0, 0.1) is 11.8 Å². The van der Waals surface area contributed by atoms with Crippen molar-refractivity contribution in [2.45, 2.75) is 44.1 Å². The summed E-state index contributed by atoms with van der Waals surface area (Å²) in [7, 11) is 2.20. The van der Waals surface area contributed by atoms with Gasteiger partial charge in [-0.2, -0.15) is 0 Å². The molecule has 1 amide bonds. The highest BCUT2D eigenvalue weighted by atomic mass is 16.5. The van der Waals surface area contributed by atoms with Gasteiger partial charge in [-0.05, 0) is 57.2 Å². The maximum Gasteiger partial charge on any atom is 0.272 e. The van der Waals surface area contributed by atoms with Crippen LogP contribution in [-0.2, 0) is 4.74 Å². The number of aromatic nitrogens is 2. The number of carbonyl (C=O) groups excluding carboxylic acids is 1. The fourth-order valence-corrected chi connectivity index (χ4v) is 4.89. The molecule has 0 N–H and O–H groups in total. The molecule has 4 rings (SSSR count). The number of nitrogens with zero attached hydrogens (tertiary/aromatic N) is 4. The minimum Gasteiger partial charge on any atom is -0.381 e. The molecule has 2 aliphatic heterocycles. The third kappa shape index (κ3) is 3.62. The second-order valence-electron chi connectivity index (χ2n) is 8.45. The summed E-state index contributed by atoms with van der Waals surface area (Å²) in [6, 6.07) is 1.69. The molecule has 1 aromatic heterocycles. The summed E-state index contributed by atoms with van der Waals surface area (Å²) in [5, 5.41) is 0. The summed E-state index contributed by atoms with van der Waals surface area (Å²) in [5.74, 6) is 1.43. The second-order valence-corrected chi connectivity index (χ2v) is 8.45. The Morgan fingerprint density at radius 3 is 2.73 bits per heavy atom. The van der Waals surface area contributed by atoms with E-state index in [-0.39, 0.29) is 11.4 Å². The van der Waals surface area contributed by atoms with Crippen LogP contribution in [0.15, 0.2) is 18.6 Å². The monoisotopic (exact) mass is 358 g/mol. The lowest BCUT2D eigenvalue weighted by Crippen LogP contribution is -2.72. The Labute approximate surface area is 155 Å². The molecule has 3 aliphatic rings. The number of likely N-dealkylation sites (N-methyl/N-ethyl adjacent to an activating group) is 1. The van der Waals surface area contributed by atoms with Gasteiger partial charge in [0.2, 0.25) is 0 Å². The van der Waals surface area contributed by atoms with E-state index >= 15 is 0 Å². The fraction of sp³-hybridized carbons (Fsp3) is 0.750. The molecular formula is C20H30N4O2. The van der Waals surface area contributed by atoms with Crippen molar-refractivity contribution in [3.8, 4) is 0 Å². The normalized spacial score (nSPS) is 26.2. The van der Waals surface area contributed by atoms with Crippen molar-refractivity contribution >= 4 is 5.91 Å². The van der Waals surface area contributed by atoms with Crippen molar-refractivity contribution in [3.63, 3.8) is 0 Å². The van der Waals surface area contributed by atoms with E-state index in [1.165, 1.54) is 38.4 Å². The minimum absolute atomic E-state index is 0.0195. The quantitative estimate of drug-likeness (QED) is 0.808. The van der Waals surface area contributed by atoms with Crippen molar-refractivity contribution < 1.29 is 9.53 Å². The SMILES string of the molecule is CN1CCC(COCC2CCCC2)CC12CN(C(=O)c1ccncn1)C2. The molecule has 0 aromatic carbocycles. The van der Waals surface area contributed by atoms with Crippen LogP contribution < -0.4 is 0 Å². The molecule has 3 fully saturated rings. The van der Waals surface area contributed by atoms with E-state index < -0.39 is 0 Å². The Kier molecular flexibility index (Phi) is 5.23. The maximum absolute atomic E-state index is 12.6. The van der Waals surface area contributed by atoms with E-state index in [0.717, 1.165) is 45.2 Å². The highest BCUT2D eigenvalue weighted by Gasteiger charge is 2.51. The van der Waals surface area contributed by atoms with Gasteiger partial charge in [-0.1, -0.05) is 12.8 Å². The van der Waals surface area contributed by atoms with Crippen LogP contribution in [0.4, 0.5) is 0 Å². The molecule has 0 bridgehead atoms. The van der Waals surface area contributed by atoms with Gasteiger partial charge in [-0.15, -0.1) is 0 Å². The average Bonchev–Trinajstić information content (AvgIpc) is 3.15. The lowest BCUT2D eigenvalue weighted by Gasteiger charge is -2.58. The molecule has 1 unspecified atom stereocenters. The third-order valence-electron chi connectivity index (χ3n) is 6.59. The molecule has 6 heteroatoms. The molecule has 2 saturated heterocycles. The molecule has 0 radical (unpaired) electrons. The van der Waals surface area contributed by atoms with Crippen LogP contribution in [0.5, 0.6) is 0 Å². The van der Waals surface area contributed by atoms with Crippen LogP contribution in [0.2, 0.25) is 0 Å². The smallest absolute Gasteiger partial charge is 0.272 e. The number of carbonyl (C=O) groups is 1. The highest BCUT2D eigenvalue weighted by Crippen LogP contribution is 2.39. The Morgan fingerprint density at radius 2 is 2.00 bits per heavy atom. The number of hydrogen-bond donors (Lipinski definition) is 0. The maximum atomic E-state index is 12.6. The summed E-state index contributed by atoms with van der Waals surface area (Å²) >= 11 is 0. The van der Waals surface area contributed by atoms with Gasteiger partial charge in [-0.25, -0.2) is 9.97 Å². The lowest BCUT2D eigenvalue weighted by molar-refractivity contribution is -0.0772. The number of piperidine rings is 1. The zero-order valence-corrected chi connectivity index (χ0v) is 15.8. The predicted octanol–water partition coefficient (Wildman–Crippen LogP) is 2.22. The van der Waals surface area contributed by atoms with Crippen LogP contribution in [0.1, 0.15) is 49.0 Å². The van der Waals surface area contributed by atoms with E-state index in [1.807, 2.05) is 4.90 Å². The fourth-order valence-electron chi connectivity index (χ4n) is 4.89. The molecule has 1 aromatic rings. The van der Waals surface area contributed by atoms with Gasteiger partial charge in [0.1, 0.15) is 12.0 Å². The van der Waals surface area contributed by atoms with Crippen LogP contribution >= 0.6 is 0 Å². The molecular weight excluding hydrogens is 328 g/mol. The largest absolute Gasteiger partial charge is 0.381 e. The molecule has 3 heterocycles. The van der Waals surface area contributed by atoms with Gasteiger partial charge in [0.25, 0.3) is 5.91 Å². The first kappa shape index (κ1) is 17.9. The number of likely N-dealkylation sites (tertiary alicyclic amines) is 2. The lowest BCUT2D eigenvalue weighted by atomic mass is 9.75. The molecule has 1 spiro atoms. The Hall–Kier alpha value is -1.53. The van der Waals surface area contributed by atoms with Crippen LogP contribution in [0.3, 0.4) is 0 Å². The van der Waals surface area contributed by atoms with Crippen molar-refractivity contribution in [1.29, 1.82) is 0 Å². The van der Waals surface area contributed by atoms with E-state index in [4.69, 9.17) is 4.74 Å². The summed E-state index contributed by atoms with van der Waals surface area (Å²) in [6.45, 7) is 4.51. The van der Waals surface area contributed by atoms with Crippen molar-refractivity contribution in [2.24, 2.45) is 11.8 Å². The van der Waals surface area contributed by atoms with Gasteiger partial charge >= 0.3 is 0 Å². The second kappa shape index (κ2) is 7.61. The molecule has 1 aliphatic carbocycles. The van der Waals surface area contributed by atoms with Gasteiger partial charge in [0, 0.05) is 32.5 Å². The standard InChI is InChI=1S/C20H30N4O2/c1-23-9-7-17(12-26-11-16-4-2-3-5-16)10-20(23)13-24(14-20)19(25)18-6-8-21-15-22-18/h6,8,15-17H,2-5,7,9-14H2,1H3. The van der Waals surface area contributed by atoms with Crippen LogP contribution in [-0.4, -0.2) is 71.1 Å². The number of amides is 1. The van der Waals surface area contributed by atoms with Crippen molar-refractivity contribution in [1.82, 2.24) is 19.8 Å². The van der Waals surface area contributed by atoms with Crippen LogP contribution in [0.25, 0.3) is 0 Å². The molecule has 6 nitrogen and oxygen atoms in total. The average molecular weight is 358 g/mol. The van der Waals surface area contributed by atoms with Crippen molar-refractivity contribution in [3.05, 3.63) is 24.3 Å². The van der Waals surface area contributed by atoms with Crippen molar-refractivity contribution in [2.75, 3.05) is 39.9 Å². The third-order valence-corrected chi connectivity index (χ3v) is 6.59. The molecule has 26 heavy (non-hydrogen) atoms. The van der Waals surface area contributed by atoms with E-state index in [2.05, 4.69) is 21.9 Å². The number of rotatable bonds is 5. The Morgan fingerprint density at radius 1 is 1.23 bits per heavy atom. The minimum atomic E-state index is 0.0195. The molecule has 1 saturated carbocycles. The Bertz CT molecular complexity index is 611. The first-order valence-electron chi connectivity index (χ1n) is 10.0. The van der Waals surface area contributed by atoms with E-state index in [0.29, 0.717) is 11.6 Å². The van der Waals surface area contributed by atoms with Gasteiger partial charge in [-0.3, -0.25) is 9.69 Å². The first-order chi connectivity index (χ1) is 12.7. The predicted molar refractivity (Wildman–Crippen MR) is 98.8 cm³/mol. The van der Waals surface area contributed by atoms with Gasteiger partial charge in [0.05, 0.1) is 5.54 Å². The molecule has 142 valence electrons. The number of ether oxygens (including phenoxy) is 1. The summed E-state index contributed by atoms with van der Waals surface area (Å²) in [6.07, 6.45) is 10.8. The Balaban J connectivity index is 1.28.